The first-order chi connectivity index (χ1) is 13.0. The zero-order chi connectivity index (χ0) is 19.0. The van der Waals surface area contributed by atoms with Gasteiger partial charge in [-0.3, -0.25) is 0 Å². The molecule has 6 nitrogen and oxygen atoms in total. The zero-order valence-electron chi connectivity index (χ0n) is 14.8. The summed E-state index contributed by atoms with van der Waals surface area (Å²) in [5, 5.41) is 4.63. The van der Waals surface area contributed by atoms with Crippen LogP contribution in [0.3, 0.4) is 0 Å². The van der Waals surface area contributed by atoms with Gasteiger partial charge in [-0.1, -0.05) is 54.1 Å². The standard InChI is InChI=1S/C19H19ClN4O2S/c1-14-21-19-17(13-15-7-3-2-4-8-15)24(12-11-23(19)22-14)27(25,26)18-10-6-5-9-16(18)20/h2-10,17H,11-13H2,1H3/t17-/m0/s1. The van der Waals surface area contributed by atoms with E-state index in [0.29, 0.717) is 31.2 Å². The maximum Gasteiger partial charge on any atom is 0.245 e. The minimum Gasteiger partial charge on any atom is -0.247 e. The van der Waals surface area contributed by atoms with Gasteiger partial charge in [0.25, 0.3) is 0 Å². The zero-order valence-corrected chi connectivity index (χ0v) is 16.4. The van der Waals surface area contributed by atoms with E-state index in [0.717, 1.165) is 5.56 Å². The summed E-state index contributed by atoms with van der Waals surface area (Å²) in [7, 11) is -3.78. The Balaban J connectivity index is 1.80. The molecule has 0 N–H and O–H groups in total. The fourth-order valence-electron chi connectivity index (χ4n) is 3.46. The van der Waals surface area contributed by atoms with Gasteiger partial charge < -0.3 is 0 Å². The molecule has 0 fully saturated rings. The lowest BCUT2D eigenvalue weighted by molar-refractivity contribution is 0.248. The molecular formula is C19H19ClN4O2S. The highest BCUT2D eigenvalue weighted by molar-refractivity contribution is 7.89. The van der Waals surface area contributed by atoms with Crippen LogP contribution in [0, 0.1) is 6.92 Å². The third-order valence-electron chi connectivity index (χ3n) is 4.68. The number of aromatic nitrogens is 3. The van der Waals surface area contributed by atoms with Crippen LogP contribution in [0.2, 0.25) is 5.02 Å². The molecule has 2 aromatic carbocycles. The highest BCUT2D eigenvalue weighted by Gasteiger charge is 2.39. The summed E-state index contributed by atoms with van der Waals surface area (Å²) in [6.45, 7) is 2.60. The molecule has 140 valence electrons. The predicted octanol–water partition coefficient (Wildman–Crippen LogP) is 3.23. The van der Waals surface area contributed by atoms with E-state index in [4.69, 9.17) is 11.6 Å². The monoisotopic (exact) mass is 402 g/mol. The summed E-state index contributed by atoms with van der Waals surface area (Å²) < 4.78 is 30.1. The van der Waals surface area contributed by atoms with Crippen molar-refractivity contribution >= 4 is 21.6 Å². The minimum atomic E-state index is -3.78. The first kappa shape index (κ1) is 18.2. The van der Waals surface area contributed by atoms with Gasteiger partial charge in [-0.05, 0) is 31.0 Å². The largest absolute Gasteiger partial charge is 0.247 e. The van der Waals surface area contributed by atoms with Crippen molar-refractivity contribution < 1.29 is 8.42 Å². The quantitative estimate of drug-likeness (QED) is 0.671. The molecule has 0 aliphatic carbocycles. The molecular weight excluding hydrogens is 384 g/mol. The molecule has 0 saturated carbocycles. The topological polar surface area (TPSA) is 68.1 Å². The summed E-state index contributed by atoms with van der Waals surface area (Å²) in [6, 6.07) is 15.9. The lowest BCUT2D eigenvalue weighted by Crippen LogP contribution is -2.43. The maximum absolute atomic E-state index is 13.4. The molecule has 0 bridgehead atoms. The van der Waals surface area contributed by atoms with Gasteiger partial charge in [-0.2, -0.15) is 9.40 Å². The highest BCUT2D eigenvalue weighted by Crippen LogP contribution is 2.34. The highest BCUT2D eigenvalue weighted by atomic mass is 35.5. The third-order valence-corrected chi connectivity index (χ3v) is 7.09. The van der Waals surface area contributed by atoms with Gasteiger partial charge in [0.05, 0.1) is 17.6 Å². The normalized spacial score (nSPS) is 17.6. The molecule has 8 heteroatoms. The SMILES string of the molecule is Cc1nc2n(n1)CCN(S(=O)(=O)c1ccccc1Cl)[C@H]2Cc1ccccc1. The van der Waals surface area contributed by atoms with Gasteiger partial charge in [0.2, 0.25) is 10.0 Å². The van der Waals surface area contributed by atoms with Gasteiger partial charge in [0.1, 0.15) is 16.5 Å². The number of nitrogens with zero attached hydrogens (tertiary/aromatic N) is 4. The van der Waals surface area contributed by atoms with Crippen molar-refractivity contribution in [3.63, 3.8) is 0 Å². The van der Waals surface area contributed by atoms with Crippen LogP contribution in [0.5, 0.6) is 0 Å². The Labute approximate surface area is 163 Å². The Hall–Kier alpha value is -2.22. The van der Waals surface area contributed by atoms with Crippen LogP contribution in [-0.4, -0.2) is 34.0 Å². The van der Waals surface area contributed by atoms with Gasteiger partial charge in [0.15, 0.2) is 0 Å². The van der Waals surface area contributed by atoms with Gasteiger partial charge in [-0.15, -0.1) is 0 Å². The van der Waals surface area contributed by atoms with E-state index in [9.17, 15) is 8.42 Å². The van der Waals surface area contributed by atoms with Crippen molar-refractivity contribution in [2.24, 2.45) is 0 Å². The Morgan fingerprint density at radius 1 is 1.07 bits per heavy atom. The molecule has 0 unspecified atom stereocenters. The summed E-state index contributed by atoms with van der Waals surface area (Å²) >= 11 is 6.20. The molecule has 0 amide bonds. The van der Waals surface area contributed by atoms with Crippen LogP contribution in [-0.2, 0) is 23.0 Å². The fourth-order valence-corrected chi connectivity index (χ4v) is 5.53. The molecule has 1 aliphatic rings. The number of sulfonamides is 1. The fraction of sp³-hybridized carbons (Fsp3) is 0.263. The average Bonchev–Trinajstić information content (AvgIpc) is 3.04. The minimum absolute atomic E-state index is 0.120. The van der Waals surface area contributed by atoms with Crippen LogP contribution in [0.25, 0.3) is 0 Å². The van der Waals surface area contributed by atoms with Gasteiger partial charge >= 0.3 is 0 Å². The first-order valence-electron chi connectivity index (χ1n) is 8.68. The second-order valence-electron chi connectivity index (χ2n) is 6.49. The molecule has 0 spiro atoms. The molecule has 4 rings (SSSR count). The van der Waals surface area contributed by atoms with Crippen molar-refractivity contribution in [1.29, 1.82) is 0 Å². The Kier molecular flexibility index (Phi) is 4.75. The maximum atomic E-state index is 13.4. The first-order valence-corrected chi connectivity index (χ1v) is 10.5. The van der Waals surface area contributed by atoms with Gasteiger partial charge in [0, 0.05) is 6.54 Å². The van der Waals surface area contributed by atoms with Crippen molar-refractivity contribution in [1.82, 2.24) is 19.1 Å². The van der Waals surface area contributed by atoms with Crippen LogP contribution in [0.4, 0.5) is 0 Å². The number of hydrogen-bond donors (Lipinski definition) is 0. The van der Waals surface area contributed by atoms with E-state index in [2.05, 4.69) is 10.1 Å². The number of aryl methyl sites for hydroxylation is 1. The van der Waals surface area contributed by atoms with E-state index in [1.165, 1.54) is 4.31 Å². The average molecular weight is 403 g/mol. The van der Waals surface area contributed by atoms with Crippen molar-refractivity contribution in [3.05, 3.63) is 76.8 Å². The Morgan fingerprint density at radius 3 is 2.52 bits per heavy atom. The van der Waals surface area contributed by atoms with Crippen LogP contribution < -0.4 is 0 Å². The summed E-state index contributed by atoms with van der Waals surface area (Å²) in [5.41, 5.74) is 1.04. The number of fused-ring (bicyclic) bond motifs is 1. The van der Waals surface area contributed by atoms with Crippen LogP contribution in [0.1, 0.15) is 23.3 Å². The smallest absolute Gasteiger partial charge is 0.245 e. The molecule has 1 aromatic heterocycles. The van der Waals surface area contributed by atoms with Crippen LogP contribution >= 0.6 is 11.6 Å². The molecule has 1 aliphatic heterocycles. The Morgan fingerprint density at radius 2 is 1.78 bits per heavy atom. The lowest BCUT2D eigenvalue weighted by atomic mass is 10.0. The van der Waals surface area contributed by atoms with E-state index in [1.54, 1.807) is 24.3 Å². The number of halogens is 1. The van der Waals surface area contributed by atoms with E-state index in [1.807, 2.05) is 41.9 Å². The lowest BCUT2D eigenvalue weighted by Gasteiger charge is -2.34. The number of rotatable bonds is 4. The molecule has 3 aromatic rings. The summed E-state index contributed by atoms with van der Waals surface area (Å²) in [4.78, 5) is 4.64. The molecule has 27 heavy (non-hydrogen) atoms. The summed E-state index contributed by atoms with van der Waals surface area (Å²) in [6.07, 6.45) is 0.517. The second kappa shape index (κ2) is 7.07. The molecule has 0 radical (unpaired) electrons. The second-order valence-corrected chi connectivity index (χ2v) is 8.76. The molecule has 0 saturated heterocycles. The number of benzene rings is 2. The number of hydrogen-bond acceptors (Lipinski definition) is 4. The third kappa shape index (κ3) is 3.38. The van der Waals surface area contributed by atoms with E-state index >= 15 is 0 Å². The van der Waals surface area contributed by atoms with Crippen molar-refractivity contribution in [3.8, 4) is 0 Å². The van der Waals surface area contributed by atoms with Crippen molar-refractivity contribution in [2.75, 3.05) is 6.54 Å². The molecule has 1 atom stereocenters. The van der Waals surface area contributed by atoms with Gasteiger partial charge in [-0.25, -0.2) is 18.1 Å². The van der Waals surface area contributed by atoms with Crippen LogP contribution in [0.15, 0.2) is 59.5 Å². The van der Waals surface area contributed by atoms with Crippen molar-refractivity contribution in [2.45, 2.75) is 30.8 Å². The summed E-state index contributed by atoms with van der Waals surface area (Å²) in [5.74, 6) is 1.30. The molecule has 2 heterocycles. The Bertz CT molecular complexity index is 1070. The predicted molar refractivity (Wildman–Crippen MR) is 103 cm³/mol. The van der Waals surface area contributed by atoms with E-state index < -0.39 is 16.1 Å². The van der Waals surface area contributed by atoms with E-state index in [-0.39, 0.29) is 9.92 Å².